The first kappa shape index (κ1) is 19.0. The van der Waals surface area contributed by atoms with Crippen LogP contribution < -0.4 is 5.32 Å². The second-order valence-electron chi connectivity index (χ2n) is 6.02. The third-order valence-electron chi connectivity index (χ3n) is 4.02. The maximum Gasteiger partial charge on any atom is 0.335 e. The number of rotatable bonds is 4. The van der Waals surface area contributed by atoms with E-state index in [9.17, 15) is 9.59 Å². The Morgan fingerprint density at radius 1 is 1.14 bits per heavy atom. The summed E-state index contributed by atoms with van der Waals surface area (Å²) in [6.07, 6.45) is 1.60. The van der Waals surface area contributed by atoms with E-state index in [4.69, 9.17) is 21.1 Å². The predicted molar refractivity (Wildman–Crippen MR) is 113 cm³/mol. The van der Waals surface area contributed by atoms with Gasteiger partial charge in [-0.25, -0.2) is 9.79 Å². The zero-order chi connectivity index (χ0) is 20.4. The fraction of sp³-hybridized carbons (Fsp3) is 0. The van der Waals surface area contributed by atoms with Crippen LogP contribution in [0.5, 0.6) is 0 Å². The lowest BCUT2D eigenvalue weighted by Crippen LogP contribution is -2.19. The minimum absolute atomic E-state index is 0.105. The second kappa shape index (κ2) is 7.98. The number of hydrogen-bond acceptors (Lipinski definition) is 5. The molecule has 29 heavy (non-hydrogen) atoms. The number of carbonyl (C=O) groups is 2. The number of hydrogen-bond donors (Lipinski definition) is 2. The summed E-state index contributed by atoms with van der Waals surface area (Å²) in [4.78, 5) is 28.2. The van der Waals surface area contributed by atoms with E-state index in [1.807, 2.05) is 30.3 Å². The van der Waals surface area contributed by atoms with E-state index in [0.717, 1.165) is 5.69 Å². The number of nitrogens with zero attached hydrogens (tertiary/aromatic N) is 1. The van der Waals surface area contributed by atoms with Crippen molar-refractivity contribution in [1.82, 2.24) is 5.32 Å². The molecular weight excluding hydrogens is 412 g/mol. The molecule has 2 aromatic carbocycles. The number of carbonyl (C=O) groups excluding carboxylic acids is 1. The molecule has 3 aromatic rings. The van der Waals surface area contributed by atoms with Crippen LogP contribution in [0, 0.1) is 0 Å². The van der Waals surface area contributed by atoms with Crippen molar-refractivity contribution in [2.24, 2.45) is 4.99 Å². The van der Waals surface area contributed by atoms with Crippen LogP contribution in [0.3, 0.4) is 0 Å². The molecule has 2 N–H and O–H groups in total. The molecule has 0 atom stereocenters. The molecule has 2 heterocycles. The lowest BCUT2D eigenvalue weighted by atomic mass is 10.1. The zero-order valence-corrected chi connectivity index (χ0v) is 16.3. The van der Waals surface area contributed by atoms with Gasteiger partial charge in [-0.05, 0) is 54.2 Å². The molecule has 4 rings (SSSR count). The first-order valence-electron chi connectivity index (χ1n) is 8.47. The fourth-order valence-corrected chi connectivity index (χ4v) is 3.68. The van der Waals surface area contributed by atoms with Gasteiger partial charge in [-0.3, -0.25) is 4.79 Å². The highest BCUT2D eigenvalue weighted by atomic mass is 35.5. The van der Waals surface area contributed by atoms with Gasteiger partial charge in [0.1, 0.15) is 11.5 Å². The molecule has 6 nitrogen and oxygen atoms in total. The number of para-hydroxylation sites is 1. The fourth-order valence-electron chi connectivity index (χ4n) is 2.65. The SMILES string of the molecule is O=C1NC(=Nc2ccccc2)S/C1=C\c1ccc(-c2cc(C(=O)O)ccc2Cl)o1. The molecule has 1 amide bonds. The standard InChI is InChI=1S/C21H13ClN2O4S/c22-16-8-6-12(20(26)27)10-15(16)17-9-7-14(28-17)11-18-19(25)24-21(29-18)23-13-4-2-1-3-5-13/h1-11H,(H,26,27)(H,23,24,25)/b18-11-. The number of benzene rings is 2. The molecule has 0 aliphatic carbocycles. The number of halogens is 1. The highest BCUT2D eigenvalue weighted by Gasteiger charge is 2.24. The van der Waals surface area contributed by atoms with E-state index in [1.54, 1.807) is 18.2 Å². The molecule has 144 valence electrons. The Balaban J connectivity index is 1.58. The zero-order valence-electron chi connectivity index (χ0n) is 14.8. The molecule has 0 unspecified atom stereocenters. The number of aromatic carboxylic acids is 1. The molecule has 1 aliphatic rings. The topological polar surface area (TPSA) is 91.9 Å². The van der Waals surface area contributed by atoms with Gasteiger partial charge in [-0.15, -0.1) is 0 Å². The van der Waals surface area contributed by atoms with Crippen LogP contribution in [0.4, 0.5) is 5.69 Å². The number of furan rings is 1. The van der Waals surface area contributed by atoms with Crippen LogP contribution in [-0.2, 0) is 4.79 Å². The van der Waals surface area contributed by atoms with Crippen molar-refractivity contribution >= 4 is 52.2 Å². The van der Waals surface area contributed by atoms with Gasteiger partial charge >= 0.3 is 5.97 Å². The lowest BCUT2D eigenvalue weighted by molar-refractivity contribution is -0.115. The number of carboxylic acid groups (broad SMARTS) is 1. The number of amides is 1. The second-order valence-corrected chi connectivity index (χ2v) is 7.46. The maximum atomic E-state index is 12.2. The Labute approximate surface area is 174 Å². The van der Waals surface area contributed by atoms with Crippen LogP contribution >= 0.6 is 23.4 Å². The molecule has 1 aliphatic heterocycles. The van der Waals surface area contributed by atoms with Gasteiger partial charge in [0.05, 0.1) is 21.2 Å². The average Bonchev–Trinajstić information content (AvgIpc) is 3.30. The summed E-state index contributed by atoms with van der Waals surface area (Å²) < 4.78 is 5.76. The molecule has 1 aromatic heterocycles. The first-order valence-corrected chi connectivity index (χ1v) is 9.67. The van der Waals surface area contributed by atoms with E-state index >= 15 is 0 Å². The Kier molecular flexibility index (Phi) is 5.24. The van der Waals surface area contributed by atoms with Gasteiger partial charge in [0.25, 0.3) is 5.91 Å². The third kappa shape index (κ3) is 4.26. The number of aliphatic imine (C=N–C) groups is 1. The van der Waals surface area contributed by atoms with E-state index in [2.05, 4.69) is 10.3 Å². The molecule has 0 radical (unpaired) electrons. The van der Waals surface area contributed by atoms with Crippen molar-refractivity contribution in [3.63, 3.8) is 0 Å². The largest absolute Gasteiger partial charge is 0.478 e. The Morgan fingerprint density at radius 3 is 2.69 bits per heavy atom. The van der Waals surface area contributed by atoms with Gasteiger partial charge in [0.15, 0.2) is 5.17 Å². The molecular formula is C21H13ClN2O4S. The molecule has 1 saturated heterocycles. The highest BCUT2D eigenvalue weighted by Crippen LogP contribution is 2.33. The first-order chi connectivity index (χ1) is 14.0. The van der Waals surface area contributed by atoms with Crippen molar-refractivity contribution in [3.05, 3.63) is 81.9 Å². The van der Waals surface area contributed by atoms with Crippen molar-refractivity contribution in [3.8, 4) is 11.3 Å². The summed E-state index contributed by atoms with van der Waals surface area (Å²) in [5.41, 5.74) is 1.31. The predicted octanol–water partition coefficient (Wildman–Crippen LogP) is 5.19. The van der Waals surface area contributed by atoms with Crippen LogP contribution in [-0.4, -0.2) is 22.2 Å². The Bertz CT molecular complexity index is 1170. The van der Waals surface area contributed by atoms with Crippen molar-refractivity contribution in [2.45, 2.75) is 0 Å². The molecule has 0 spiro atoms. The van der Waals surface area contributed by atoms with Gasteiger partial charge in [-0.1, -0.05) is 29.8 Å². The van der Waals surface area contributed by atoms with E-state index in [-0.39, 0.29) is 11.5 Å². The van der Waals surface area contributed by atoms with E-state index < -0.39 is 5.97 Å². The molecule has 0 bridgehead atoms. The van der Waals surface area contributed by atoms with E-state index in [1.165, 1.54) is 30.0 Å². The molecule has 0 saturated carbocycles. The Morgan fingerprint density at radius 2 is 1.93 bits per heavy atom. The van der Waals surface area contributed by atoms with Crippen molar-refractivity contribution in [2.75, 3.05) is 0 Å². The summed E-state index contributed by atoms with van der Waals surface area (Å²) in [6.45, 7) is 0. The van der Waals surface area contributed by atoms with Gasteiger partial charge in [0, 0.05) is 11.6 Å². The quantitative estimate of drug-likeness (QED) is 0.562. The minimum atomic E-state index is -1.05. The summed E-state index contributed by atoms with van der Waals surface area (Å²) in [6, 6.07) is 17.1. The lowest BCUT2D eigenvalue weighted by Gasteiger charge is -2.02. The van der Waals surface area contributed by atoms with Gasteiger partial charge in [-0.2, -0.15) is 0 Å². The number of nitrogens with one attached hydrogen (secondary N) is 1. The monoisotopic (exact) mass is 424 g/mol. The van der Waals surface area contributed by atoms with Crippen LogP contribution in [0.25, 0.3) is 17.4 Å². The number of amidine groups is 1. The third-order valence-corrected chi connectivity index (χ3v) is 5.26. The highest BCUT2D eigenvalue weighted by molar-refractivity contribution is 8.18. The average molecular weight is 425 g/mol. The van der Waals surface area contributed by atoms with Gasteiger partial charge < -0.3 is 14.8 Å². The van der Waals surface area contributed by atoms with Gasteiger partial charge in [0.2, 0.25) is 0 Å². The smallest absolute Gasteiger partial charge is 0.335 e. The van der Waals surface area contributed by atoms with Crippen LogP contribution in [0.1, 0.15) is 16.1 Å². The summed E-state index contributed by atoms with van der Waals surface area (Å²) in [5, 5.41) is 12.7. The number of thioether (sulfide) groups is 1. The summed E-state index contributed by atoms with van der Waals surface area (Å²) in [7, 11) is 0. The molecule has 1 fully saturated rings. The molecule has 8 heteroatoms. The maximum absolute atomic E-state index is 12.2. The van der Waals surface area contributed by atoms with Crippen LogP contribution in [0.2, 0.25) is 5.02 Å². The Hall–Kier alpha value is -3.29. The van der Waals surface area contributed by atoms with Crippen molar-refractivity contribution in [1.29, 1.82) is 0 Å². The van der Waals surface area contributed by atoms with Crippen molar-refractivity contribution < 1.29 is 19.1 Å². The summed E-state index contributed by atoms with van der Waals surface area (Å²) in [5.74, 6) is -0.475. The summed E-state index contributed by atoms with van der Waals surface area (Å²) >= 11 is 7.39. The number of carboxylic acids is 1. The minimum Gasteiger partial charge on any atom is -0.478 e. The van der Waals surface area contributed by atoms with E-state index in [0.29, 0.717) is 32.2 Å². The normalized spacial score (nSPS) is 16.4. The van der Waals surface area contributed by atoms with Crippen LogP contribution in [0.15, 0.2) is 75.0 Å².